The third kappa shape index (κ3) is 3.08. The van der Waals surface area contributed by atoms with Gasteiger partial charge in [-0.2, -0.15) is 0 Å². The van der Waals surface area contributed by atoms with Gasteiger partial charge in [-0.05, 0) is 12.1 Å². The summed E-state index contributed by atoms with van der Waals surface area (Å²) >= 11 is 5.41. The van der Waals surface area contributed by atoms with Gasteiger partial charge in [0.25, 0.3) is 0 Å². The second kappa shape index (κ2) is 4.89. The maximum Gasteiger partial charge on any atom is 0.233 e. The van der Waals surface area contributed by atoms with Crippen LogP contribution >= 0.6 is 11.6 Å². The molecule has 1 N–H and O–H groups in total. The van der Waals surface area contributed by atoms with Crippen LogP contribution in [0.3, 0.4) is 0 Å². The van der Waals surface area contributed by atoms with Gasteiger partial charge in [0.1, 0.15) is 0 Å². The highest BCUT2D eigenvalue weighted by atomic mass is 35.5. The molecule has 1 aromatic heterocycles. The van der Waals surface area contributed by atoms with E-state index in [-0.39, 0.29) is 11.6 Å². The first-order valence-electron chi connectivity index (χ1n) is 5.02. The number of rotatable bonds is 4. The van der Waals surface area contributed by atoms with Crippen molar-refractivity contribution in [2.75, 3.05) is 16.4 Å². The zero-order valence-electron chi connectivity index (χ0n) is 8.93. The number of sulfonamides is 1. The zero-order chi connectivity index (χ0) is 12.3. The van der Waals surface area contributed by atoms with Gasteiger partial charge in [-0.25, -0.2) is 8.42 Å². The molecule has 0 spiro atoms. The summed E-state index contributed by atoms with van der Waals surface area (Å²) in [5, 5.41) is 0.888. The lowest BCUT2D eigenvalue weighted by atomic mass is 10.2. The molecule has 0 radical (unpaired) electrons. The normalized spacial score (nSPS) is 11.6. The molecule has 0 aliphatic heterocycles. The van der Waals surface area contributed by atoms with Gasteiger partial charge in [0.05, 0.1) is 23.2 Å². The monoisotopic (exact) mass is 270 g/mol. The maximum absolute atomic E-state index is 11.5. The number of halogens is 1. The zero-order valence-corrected chi connectivity index (χ0v) is 10.5. The highest BCUT2D eigenvalue weighted by Crippen LogP contribution is 2.16. The Kier molecular flexibility index (Phi) is 3.49. The van der Waals surface area contributed by atoms with E-state index in [1.807, 2.05) is 24.3 Å². The number of fused-ring (bicyclic) bond motifs is 1. The first-order valence-corrected chi connectivity index (χ1v) is 7.21. The molecule has 4 nitrogen and oxygen atoms in total. The highest BCUT2D eigenvalue weighted by molar-refractivity contribution is 7.92. The second-order valence-electron chi connectivity index (χ2n) is 3.53. The van der Waals surface area contributed by atoms with Crippen LogP contribution < -0.4 is 4.72 Å². The molecular weight excluding hydrogens is 260 g/mol. The topological polar surface area (TPSA) is 59.1 Å². The standard InChI is InChI=1S/C11H11ClN2O2S/c12-5-6-17(15,16)14-10-7-9-3-1-2-4-11(9)13-8-10/h1-4,7-8,14H,5-6H2. The van der Waals surface area contributed by atoms with Crippen LogP contribution in [0.2, 0.25) is 0 Å². The number of para-hydroxylation sites is 1. The fraction of sp³-hybridized carbons (Fsp3) is 0.182. The van der Waals surface area contributed by atoms with Crippen molar-refractivity contribution in [1.29, 1.82) is 0 Å². The number of alkyl halides is 1. The molecule has 90 valence electrons. The van der Waals surface area contributed by atoms with E-state index in [0.29, 0.717) is 5.69 Å². The van der Waals surface area contributed by atoms with Gasteiger partial charge in [0, 0.05) is 11.3 Å². The van der Waals surface area contributed by atoms with Gasteiger partial charge >= 0.3 is 0 Å². The molecule has 17 heavy (non-hydrogen) atoms. The lowest BCUT2D eigenvalue weighted by Gasteiger charge is -2.06. The second-order valence-corrected chi connectivity index (χ2v) is 5.75. The quantitative estimate of drug-likeness (QED) is 0.867. The van der Waals surface area contributed by atoms with Crippen LogP contribution in [-0.2, 0) is 10.0 Å². The number of hydrogen-bond acceptors (Lipinski definition) is 3. The van der Waals surface area contributed by atoms with E-state index in [1.54, 1.807) is 6.07 Å². The van der Waals surface area contributed by atoms with E-state index in [9.17, 15) is 8.42 Å². The molecule has 0 aliphatic rings. The minimum Gasteiger partial charge on any atom is -0.282 e. The Bertz CT molecular complexity index is 628. The summed E-state index contributed by atoms with van der Waals surface area (Å²) in [6.07, 6.45) is 1.49. The molecule has 0 atom stereocenters. The van der Waals surface area contributed by atoms with Crippen molar-refractivity contribution in [1.82, 2.24) is 4.98 Å². The summed E-state index contributed by atoms with van der Waals surface area (Å²) in [6, 6.07) is 9.25. The Hall–Kier alpha value is -1.33. The van der Waals surface area contributed by atoms with Crippen molar-refractivity contribution >= 4 is 38.2 Å². The lowest BCUT2D eigenvalue weighted by molar-refractivity contribution is 0.602. The van der Waals surface area contributed by atoms with E-state index in [0.717, 1.165) is 10.9 Å². The largest absolute Gasteiger partial charge is 0.282 e. The first kappa shape index (κ1) is 12.1. The number of anilines is 1. The molecule has 0 amide bonds. The van der Waals surface area contributed by atoms with Crippen LogP contribution in [0.1, 0.15) is 0 Å². The van der Waals surface area contributed by atoms with Crippen molar-refractivity contribution in [3.63, 3.8) is 0 Å². The first-order chi connectivity index (χ1) is 8.11. The van der Waals surface area contributed by atoms with Gasteiger partial charge < -0.3 is 0 Å². The van der Waals surface area contributed by atoms with Crippen LogP contribution in [0, 0.1) is 0 Å². The van der Waals surface area contributed by atoms with Gasteiger partial charge in [0.15, 0.2) is 0 Å². The van der Waals surface area contributed by atoms with Crippen LogP contribution in [0.5, 0.6) is 0 Å². The molecule has 0 unspecified atom stereocenters. The number of benzene rings is 1. The summed E-state index contributed by atoms with van der Waals surface area (Å²) in [4.78, 5) is 4.17. The van der Waals surface area contributed by atoms with Crippen LogP contribution in [0.25, 0.3) is 10.9 Å². The molecule has 2 aromatic rings. The predicted molar refractivity (Wildman–Crippen MR) is 69.9 cm³/mol. The number of aromatic nitrogens is 1. The molecule has 0 saturated heterocycles. The Morgan fingerprint density at radius 3 is 2.82 bits per heavy atom. The molecule has 0 aliphatic carbocycles. The van der Waals surface area contributed by atoms with E-state index < -0.39 is 10.0 Å². The molecule has 0 saturated carbocycles. The Balaban J connectivity index is 2.31. The van der Waals surface area contributed by atoms with Gasteiger partial charge in [0.2, 0.25) is 10.0 Å². The van der Waals surface area contributed by atoms with Crippen LogP contribution in [0.15, 0.2) is 36.5 Å². The minimum atomic E-state index is -3.38. The molecular formula is C11H11ClN2O2S. The minimum absolute atomic E-state index is 0.0658. The van der Waals surface area contributed by atoms with Gasteiger partial charge in [-0.3, -0.25) is 9.71 Å². The number of nitrogens with one attached hydrogen (secondary N) is 1. The SMILES string of the molecule is O=S(=O)(CCCl)Nc1cnc2ccccc2c1. The van der Waals surface area contributed by atoms with Crippen molar-refractivity contribution < 1.29 is 8.42 Å². The number of hydrogen-bond donors (Lipinski definition) is 1. The van der Waals surface area contributed by atoms with Crippen molar-refractivity contribution in [2.45, 2.75) is 0 Å². The Morgan fingerprint density at radius 2 is 2.06 bits per heavy atom. The summed E-state index contributed by atoms with van der Waals surface area (Å²) in [7, 11) is -3.38. The fourth-order valence-corrected chi connectivity index (χ4v) is 2.84. The average molecular weight is 271 g/mol. The summed E-state index contributed by atoms with van der Waals surface area (Å²) in [6.45, 7) is 0. The molecule has 1 aromatic carbocycles. The maximum atomic E-state index is 11.5. The summed E-state index contributed by atoms with van der Waals surface area (Å²) in [5.74, 6) is -0.0439. The number of pyridine rings is 1. The Morgan fingerprint density at radius 1 is 1.29 bits per heavy atom. The molecule has 0 fully saturated rings. The highest BCUT2D eigenvalue weighted by Gasteiger charge is 2.09. The van der Waals surface area contributed by atoms with E-state index in [1.165, 1.54) is 6.20 Å². The molecule has 1 heterocycles. The summed E-state index contributed by atoms with van der Waals surface area (Å²) < 4.78 is 25.5. The molecule has 2 rings (SSSR count). The predicted octanol–water partition coefficient (Wildman–Crippen LogP) is 2.22. The van der Waals surface area contributed by atoms with E-state index in [2.05, 4.69) is 9.71 Å². The van der Waals surface area contributed by atoms with E-state index in [4.69, 9.17) is 11.6 Å². The third-order valence-electron chi connectivity index (χ3n) is 2.21. The lowest BCUT2D eigenvalue weighted by Crippen LogP contribution is -2.17. The van der Waals surface area contributed by atoms with Crippen molar-refractivity contribution in [2.24, 2.45) is 0 Å². The molecule has 6 heteroatoms. The van der Waals surface area contributed by atoms with Crippen molar-refractivity contribution in [3.8, 4) is 0 Å². The fourth-order valence-electron chi connectivity index (χ4n) is 1.46. The third-order valence-corrected chi connectivity index (χ3v) is 3.91. The van der Waals surface area contributed by atoms with E-state index >= 15 is 0 Å². The smallest absolute Gasteiger partial charge is 0.233 e. The Labute approximate surface area is 105 Å². The average Bonchev–Trinajstić information content (AvgIpc) is 2.28. The number of nitrogens with zero attached hydrogens (tertiary/aromatic N) is 1. The van der Waals surface area contributed by atoms with Gasteiger partial charge in [-0.15, -0.1) is 11.6 Å². The van der Waals surface area contributed by atoms with Crippen molar-refractivity contribution in [3.05, 3.63) is 36.5 Å². The summed E-state index contributed by atoms with van der Waals surface area (Å²) in [5.41, 5.74) is 1.28. The van der Waals surface area contributed by atoms with Crippen LogP contribution in [0.4, 0.5) is 5.69 Å². The molecule has 0 bridgehead atoms. The van der Waals surface area contributed by atoms with Crippen LogP contribution in [-0.4, -0.2) is 25.0 Å². The van der Waals surface area contributed by atoms with Gasteiger partial charge in [-0.1, -0.05) is 18.2 Å².